The fourth-order valence-electron chi connectivity index (χ4n) is 7.82. The fraction of sp³-hybridized carbons (Fsp3) is 0.535. The Bertz CT molecular complexity index is 1290. The van der Waals surface area contributed by atoms with E-state index in [0.29, 0.717) is 12.5 Å². The van der Waals surface area contributed by atoms with Crippen molar-refractivity contribution in [2.75, 3.05) is 6.61 Å². The van der Waals surface area contributed by atoms with Crippen LogP contribution >= 0.6 is 0 Å². The third-order valence-corrected chi connectivity index (χ3v) is 10.5. The maximum absolute atomic E-state index is 9.49. The van der Waals surface area contributed by atoms with Crippen LogP contribution in [0.3, 0.4) is 0 Å². The topological polar surface area (TPSA) is 20.2 Å². The third-order valence-electron chi connectivity index (χ3n) is 10.5. The molecule has 1 aliphatic rings. The van der Waals surface area contributed by atoms with E-state index in [-0.39, 0.29) is 0 Å². The quantitative estimate of drug-likeness (QED) is 0.122. The number of benzene rings is 3. The summed E-state index contributed by atoms with van der Waals surface area (Å²) in [4.78, 5) is 0. The molecule has 1 atom stereocenters. The summed E-state index contributed by atoms with van der Waals surface area (Å²) >= 11 is 0. The first-order valence-electron chi connectivity index (χ1n) is 18.1. The van der Waals surface area contributed by atoms with Gasteiger partial charge in [0.1, 0.15) is 0 Å². The van der Waals surface area contributed by atoms with E-state index in [0.717, 1.165) is 37.5 Å². The number of rotatable bonds is 17. The molecule has 3 aromatic rings. The zero-order chi connectivity index (χ0) is 31.3. The number of allylic oxidation sites excluding steroid dienone is 1. The van der Waals surface area contributed by atoms with Crippen LogP contribution in [0.5, 0.6) is 0 Å². The van der Waals surface area contributed by atoms with Crippen molar-refractivity contribution in [1.29, 1.82) is 0 Å². The van der Waals surface area contributed by atoms with Gasteiger partial charge in [0.05, 0.1) is 0 Å². The van der Waals surface area contributed by atoms with E-state index in [4.69, 9.17) is 0 Å². The summed E-state index contributed by atoms with van der Waals surface area (Å²) in [6, 6.07) is 23.7. The van der Waals surface area contributed by atoms with Crippen LogP contribution in [0.15, 0.2) is 72.8 Å². The summed E-state index contributed by atoms with van der Waals surface area (Å²) in [5.41, 5.74) is 12.7. The minimum atomic E-state index is 0.327. The number of unbranched alkanes of at least 4 members (excludes halogenated alkanes) is 2. The summed E-state index contributed by atoms with van der Waals surface area (Å²) in [5, 5.41) is 9.49. The molecule has 1 heteroatoms. The third kappa shape index (κ3) is 9.43. The van der Waals surface area contributed by atoms with Crippen molar-refractivity contribution < 1.29 is 5.11 Å². The van der Waals surface area contributed by atoms with Crippen LogP contribution in [-0.4, -0.2) is 11.7 Å². The second-order valence-corrected chi connectivity index (χ2v) is 13.7. The van der Waals surface area contributed by atoms with E-state index in [1.165, 1.54) is 115 Å². The van der Waals surface area contributed by atoms with Gasteiger partial charge >= 0.3 is 0 Å². The Morgan fingerprint density at radius 2 is 1.43 bits per heavy atom. The van der Waals surface area contributed by atoms with Gasteiger partial charge in [-0.3, -0.25) is 0 Å². The van der Waals surface area contributed by atoms with Gasteiger partial charge in [0.25, 0.3) is 0 Å². The van der Waals surface area contributed by atoms with E-state index < -0.39 is 0 Å². The molecule has 1 nitrogen and oxygen atoms in total. The Kier molecular flexibility index (Phi) is 13.8. The molecule has 0 aliphatic heterocycles. The molecule has 1 aliphatic carbocycles. The first-order chi connectivity index (χ1) is 21.5. The standard InChI is InChI=1S/C43H60O/c1-6-9-10-14-33-17-27-42(34(7-2)30-33)39-24-20-38(21-25-39)41-26-28-43(35(8-3)31-41)40-22-18-37(19-23-40)36(16-12-29-44)15-11-13-32(4)5/h17,20-21,24-28,30-31,36-37,40,44H,4,6-16,18-19,22-23,29H2,1-3,5H3. The zero-order valence-corrected chi connectivity index (χ0v) is 28.5. The molecule has 0 bridgehead atoms. The van der Waals surface area contributed by atoms with Gasteiger partial charge in [-0.2, -0.15) is 0 Å². The molecule has 0 saturated heterocycles. The molecular weight excluding hydrogens is 532 g/mol. The second-order valence-electron chi connectivity index (χ2n) is 13.7. The molecule has 3 aromatic carbocycles. The Morgan fingerprint density at radius 1 is 0.750 bits per heavy atom. The molecule has 238 valence electrons. The van der Waals surface area contributed by atoms with Crippen molar-refractivity contribution in [3.05, 3.63) is 95.1 Å². The van der Waals surface area contributed by atoms with Crippen molar-refractivity contribution in [2.45, 2.75) is 130 Å². The Morgan fingerprint density at radius 3 is 2.09 bits per heavy atom. The molecular formula is C43H60O. The summed E-state index contributed by atoms with van der Waals surface area (Å²) in [6.07, 6.45) is 18.3. The van der Waals surface area contributed by atoms with E-state index in [2.05, 4.69) is 94.9 Å². The SMILES string of the molecule is C=C(C)CCCC(CCCO)C1CCC(c2ccc(-c3ccc(-c4ccc(CCCCC)cc4CC)cc3)cc2CC)CC1. The molecule has 0 spiro atoms. The minimum Gasteiger partial charge on any atom is -0.396 e. The fourth-order valence-corrected chi connectivity index (χ4v) is 7.82. The van der Waals surface area contributed by atoms with E-state index in [1.54, 1.807) is 5.56 Å². The molecule has 0 heterocycles. The highest BCUT2D eigenvalue weighted by Gasteiger charge is 2.28. The highest BCUT2D eigenvalue weighted by Crippen LogP contribution is 2.43. The van der Waals surface area contributed by atoms with E-state index in [1.807, 2.05) is 0 Å². The summed E-state index contributed by atoms with van der Waals surface area (Å²) in [5.74, 6) is 2.26. The summed E-state index contributed by atoms with van der Waals surface area (Å²) < 4.78 is 0. The predicted octanol–water partition coefficient (Wildman–Crippen LogP) is 12.3. The molecule has 1 unspecified atom stereocenters. The number of hydrogen-bond acceptors (Lipinski definition) is 1. The lowest BCUT2D eigenvalue weighted by Crippen LogP contribution is -2.22. The number of aliphatic hydroxyl groups excluding tert-OH is 1. The van der Waals surface area contributed by atoms with Gasteiger partial charge in [-0.15, -0.1) is 6.58 Å². The zero-order valence-electron chi connectivity index (χ0n) is 28.5. The lowest BCUT2D eigenvalue weighted by atomic mass is 9.70. The molecule has 1 N–H and O–H groups in total. The monoisotopic (exact) mass is 592 g/mol. The average molecular weight is 593 g/mol. The Hall–Kier alpha value is -2.64. The van der Waals surface area contributed by atoms with Crippen LogP contribution in [0.4, 0.5) is 0 Å². The molecule has 44 heavy (non-hydrogen) atoms. The molecule has 1 fully saturated rings. The smallest absolute Gasteiger partial charge is 0.0431 e. The van der Waals surface area contributed by atoms with Gasteiger partial charge in [-0.1, -0.05) is 99.8 Å². The van der Waals surface area contributed by atoms with Crippen LogP contribution in [0.1, 0.15) is 133 Å². The molecule has 4 rings (SSSR count). The first kappa shape index (κ1) is 34.2. The van der Waals surface area contributed by atoms with Crippen LogP contribution in [0.2, 0.25) is 0 Å². The van der Waals surface area contributed by atoms with Crippen LogP contribution in [0.25, 0.3) is 22.3 Å². The highest BCUT2D eigenvalue weighted by molar-refractivity contribution is 5.73. The second kappa shape index (κ2) is 17.7. The first-order valence-corrected chi connectivity index (χ1v) is 18.1. The lowest BCUT2D eigenvalue weighted by molar-refractivity contribution is 0.189. The van der Waals surface area contributed by atoms with Crippen molar-refractivity contribution >= 4 is 0 Å². The number of hydrogen-bond donors (Lipinski definition) is 1. The normalized spacial score (nSPS) is 17.5. The van der Waals surface area contributed by atoms with Gasteiger partial charge in [-0.05, 0) is 153 Å². The molecule has 1 saturated carbocycles. The number of aryl methyl sites for hydroxylation is 3. The maximum atomic E-state index is 9.49. The molecule has 0 aromatic heterocycles. The Balaban J connectivity index is 1.42. The average Bonchev–Trinajstić information content (AvgIpc) is 3.06. The molecule has 0 radical (unpaired) electrons. The largest absolute Gasteiger partial charge is 0.396 e. The lowest BCUT2D eigenvalue weighted by Gasteiger charge is -2.35. The van der Waals surface area contributed by atoms with Gasteiger partial charge in [0.2, 0.25) is 0 Å². The van der Waals surface area contributed by atoms with E-state index >= 15 is 0 Å². The van der Waals surface area contributed by atoms with Crippen molar-refractivity contribution in [3.8, 4) is 22.3 Å². The van der Waals surface area contributed by atoms with Crippen LogP contribution in [0, 0.1) is 11.8 Å². The summed E-state index contributed by atoms with van der Waals surface area (Å²) in [6.45, 7) is 13.5. The Labute approximate surface area is 270 Å². The predicted molar refractivity (Wildman–Crippen MR) is 192 cm³/mol. The van der Waals surface area contributed by atoms with Crippen molar-refractivity contribution in [3.63, 3.8) is 0 Å². The van der Waals surface area contributed by atoms with Crippen molar-refractivity contribution in [2.24, 2.45) is 11.8 Å². The van der Waals surface area contributed by atoms with Gasteiger partial charge in [0, 0.05) is 6.61 Å². The molecule has 0 amide bonds. The van der Waals surface area contributed by atoms with E-state index in [9.17, 15) is 5.11 Å². The van der Waals surface area contributed by atoms with Gasteiger partial charge in [-0.25, -0.2) is 0 Å². The van der Waals surface area contributed by atoms with Crippen LogP contribution in [-0.2, 0) is 19.3 Å². The van der Waals surface area contributed by atoms with Crippen molar-refractivity contribution in [1.82, 2.24) is 0 Å². The summed E-state index contributed by atoms with van der Waals surface area (Å²) in [7, 11) is 0. The van der Waals surface area contributed by atoms with Crippen LogP contribution < -0.4 is 0 Å². The number of aliphatic hydroxyl groups is 1. The van der Waals surface area contributed by atoms with Gasteiger partial charge in [0.15, 0.2) is 0 Å². The van der Waals surface area contributed by atoms with Gasteiger partial charge < -0.3 is 5.11 Å². The minimum absolute atomic E-state index is 0.327. The highest BCUT2D eigenvalue weighted by atomic mass is 16.2. The maximum Gasteiger partial charge on any atom is 0.0431 e.